The number of hydrogen-bond donors (Lipinski definition) is 0. The number of hydrogen-bond acceptors (Lipinski definition) is 0. The van der Waals surface area contributed by atoms with Crippen molar-refractivity contribution in [1.82, 2.24) is 0 Å². The first-order chi connectivity index (χ1) is 11.3. The van der Waals surface area contributed by atoms with Crippen LogP contribution in [0, 0.1) is 0 Å². The Kier molecular flexibility index (Phi) is 14.1. The van der Waals surface area contributed by atoms with Crippen LogP contribution in [0.15, 0.2) is 0 Å². The minimum atomic E-state index is 1.21. The van der Waals surface area contributed by atoms with Crippen molar-refractivity contribution in [2.45, 2.75) is 90.9 Å². The number of unbranched alkanes of at least 4 members (excludes halogenated alkanes) is 9. The normalized spacial score (nSPS) is 12.8. The molecule has 0 fully saturated rings. The van der Waals surface area contributed by atoms with E-state index in [0.717, 1.165) is 0 Å². The first kappa shape index (κ1) is 23.9. The molecule has 0 radical (unpaired) electrons. The Bertz CT molecular complexity index is 243. The lowest BCUT2D eigenvalue weighted by atomic mass is 10.1. The Balaban J connectivity index is 3.29. The third kappa shape index (κ3) is 15.4. The van der Waals surface area contributed by atoms with Crippen molar-refractivity contribution in [3.05, 3.63) is 0 Å². The van der Waals surface area contributed by atoms with E-state index in [2.05, 4.69) is 42.0 Å². The number of quaternary nitrogens is 2. The Morgan fingerprint density at radius 1 is 0.375 bits per heavy atom. The summed E-state index contributed by atoms with van der Waals surface area (Å²) < 4.78 is 2.43. The Labute approximate surface area is 154 Å². The lowest BCUT2D eigenvalue weighted by Gasteiger charge is -2.29. The molecule has 0 saturated carbocycles. The Morgan fingerprint density at radius 2 is 0.625 bits per heavy atom. The highest BCUT2D eigenvalue weighted by Crippen LogP contribution is 2.13. The van der Waals surface area contributed by atoms with Crippen LogP contribution < -0.4 is 0 Å². The van der Waals surface area contributed by atoms with Gasteiger partial charge in [-0.3, -0.25) is 0 Å². The highest BCUT2D eigenvalue weighted by molar-refractivity contribution is 4.49. The van der Waals surface area contributed by atoms with E-state index >= 15 is 0 Å². The lowest BCUT2D eigenvalue weighted by Crippen LogP contribution is -2.40. The summed E-state index contributed by atoms with van der Waals surface area (Å²) in [5.74, 6) is 0. The summed E-state index contributed by atoms with van der Waals surface area (Å²) in [6, 6.07) is 0. The van der Waals surface area contributed by atoms with E-state index in [1.165, 1.54) is 112 Å². The molecule has 0 atom stereocenters. The molecule has 0 N–H and O–H groups in total. The van der Waals surface area contributed by atoms with Crippen LogP contribution in [0.1, 0.15) is 90.9 Å². The monoisotopic (exact) mass is 342 g/mol. The second kappa shape index (κ2) is 14.1. The van der Waals surface area contributed by atoms with Gasteiger partial charge < -0.3 is 8.97 Å². The lowest BCUT2D eigenvalue weighted by molar-refractivity contribution is -0.890. The van der Waals surface area contributed by atoms with E-state index in [1.807, 2.05) is 0 Å². The van der Waals surface area contributed by atoms with Gasteiger partial charge in [-0.1, -0.05) is 52.4 Å². The standard InChI is InChI=1S/C22H50N2/c1-7-19-23(3,4)21-17-15-13-11-9-10-12-14-16-18-22-24(5,6)20-8-2/h7-22H2,1-6H3/q+2. The van der Waals surface area contributed by atoms with Gasteiger partial charge in [0.25, 0.3) is 0 Å². The zero-order valence-corrected chi connectivity index (χ0v) is 18.2. The summed E-state index contributed by atoms with van der Waals surface area (Å²) in [5.41, 5.74) is 0. The van der Waals surface area contributed by atoms with Crippen LogP contribution in [0.25, 0.3) is 0 Å². The van der Waals surface area contributed by atoms with Crippen LogP contribution in [-0.2, 0) is 0 Å². The van der Waals surface area contributed by atoms with Crippen LogP contribution in [0.4, 0.5) is 0 Å². The predicted octanol–water partition coefficient (Wildman–Crippen LogP) is 5.86. The maximum Gasteiger partial charge on any atom is 0.0782 e. The molecule has 0 amide bonds. The minimum Gasteiger partial charge on any atom is -0.328 e. The highest BCUT2D eigenvalue weighted by Gasteiger charge is 2.12. The molecule has 2 heteroatoms. The molecule has 0 aromatic carbocycles. The summed E-state index contributed by atoms with van der Waals surface area (Å²) in [7, 11) is 9.52. The largest absolute Gasteiger partial charge is 0.328 e. The van der Waals surface area contributed by atoms with Crippen molar-refractivity contribution in [1.29, 1.82) is 0 Å². The van der Waals surface area contributed by atoms with Crippen molar-refractivity contribution in [3.63, 3.8) is 0 Å². The van der Waals surface area contributed by atoms with Crippen molar-refractivity contribution < 1.29 is 8.97 Å². The smallest absolute Gasteiger partial charge is 0.0782 e. The molecule has 0 unspecified atom stereocenters. The van der Waals surface area contributed by atoms with E-state index in [0.29, 0.717) is 0 Å². The molecule has 0 aromatic heterocycles. The van der Waals surface area contributed by atoms with E-state index in [9.17, 15) is 0 Å². The minimum absolute atomic E-state index is 1.21. The molecule has 0 aliphatic rings. The van der Waals surface area contributed by atoms with Gasteiger partial charge >= 0.3 is 0 Å². The van der Waals surface area contributed by atoms with E-state index in [-0.39, 0.29) is 0 Å². The molecule has 0 aromatic rings. The maximum atomic E-state index is 2.38. The average Bonchev–Trinajstić information content (AvgIpc) is 2.48. The molecule has 0 aliphatic carbocycles. The maximum absolute atomic E-state index is 2.38. The topological polar surface area (TPSA) is 0 Å². The first-order valence-corrected chi connectivity index (χ1v) is 11.0. The molecule has 0 aliphatic heterocycles. The molecule has 0 spiro atoms. The van der Waals surface area contributed by atoms with Crippen molar-refractivity contribution in [2.24, 2.45) is 0 Å². The van der Waals surface area contributed by atoms with Crippen molar-refractivity contribution in [3.8, 4) is 0 Å². The van der Waals surface area contributed by atoms with Gasteiger partial charge in [-0.2, -0.15) is 0 Å². The van der Waals surface area contributed by atoms with Crippen LogP contribution in [-0.4, -0.2) is 63.3 Å². The molecule has 0 heterocycles. The molecular formula is C22H50N2+2. The molecule has 24 heavy (non-hydrogen) atoms. The fourth-order valence-electron chi connectivity index (χ4n) is 3.93. The molecule has 146 valence electrons. The predicted molar refractivity (Wildman–Crippen MR) is 110 cm³/mol. The summed E-state index contributed by atoms with van der Waals surface area (Å²) in [4.78, 5) is 0. The van der Waals surface area contributed by atoms with Gasteiger partial charge in [-0.15, -0.1) is 0 Å². The average molecular weight is 343 g/mol. The molecular weight excluding hydrogens is 292 g/mol. The summed E-state index contributed by atoms with van der Waals surface area (Å²) >= 11 is 0. The van der Waals surface area contributed by atoms with Gasteiger partial charge in [0.05, 0.1) is 54.4 Å². The van der Waals surface area contributed by atoms with Crippen molar-refractivity contribution >= 4 is 0 Å². The Hall–Kier alpha value is -0.0800. The van der Waals surface area contributed by atoms with Gasteiger partial charge in [0, 0.05) is 0 Å². The van der Waals surface area contributed by atoms with Crippen LogP contribution in [0.3, 0.4) is 0 Å². The van der Waals surface area contributed by atoms with Crippen LogP contribution in [0.2, 0.25) is 0 Å². The van der Waals surface area contributed by atoms with E-state index in [4.69, 9.17) is 0 Å². The first-order valence-electron chi connectivity index (χ1n) is 11.0. The van der Waals surface area contributed by atoms with Crippen molar-refractivity contribution in [2.75, 3.05) is 54.4 Å². The van der Waals surface area contributed by atoms with Gasteiger partial charge in [-0.05, 0) is 38.5 Å². The second-order valence-corrected chi connectivity index (χ2v) is 9.30. The molecule has 0 rings (SSSR count). The quantitative estimate of drug-likeness (QED) is 0.229. The summed E-state index contributed by atoms with van der Waals surface area (Å²) in [6.45, 7) is 9.97. The van der Waals surface area contributed by atoms with Gasteiger partial charge in [0.1, 0.15) is 0 Å². The third-order valence-corrected chi connectivity index (χ3v) is 5.43. The molecule has 0 bridgehead atoms. The van der Waals surface area contributed by atoms with Gasteiger partial charge in [-0.25, -0.2) is 0 Å². The van der Waals surface area contributed by atoms with E-state index < -0.39 is 0 Å². The van der Waals surface area contributed by atoms with Gasteiger partial charge in [0.2, 0.25) is 0 Å². The zero-order valence-electron chi connectivity index (χ0n) is 18.2. The van der Waals surface area contributed by atoms with E-state index in [1.54, 1.807) is 0 Å². The zero-order chi connectivity index (χ0) is 18.3. The molecule has 0 saturated heterocycles. The third-order valence-electron chi connectivity index (χ3n) is 5.43. The fourth-order valence-corrected chi connectivity index (χ4v) is 3.93. The SMILES string of the molecule is CCC[N+](C)(C)CCCCCCCCCCCC[N+](C)(C)CCC. The molecule has 2 nitrogen and oxygen atoms in total. The highest BCUT2D eigenvalue weighted by atomic mass is 15.3. The van der Waals surface area contributed by atoms with Crippen LogP contribution >= 0.6 is 0 Å². The summed E-state index contributed by atoms with van der Waals surface area (Å²) in [5, 5.41) is 0. The fraction of sp³-hybridized carbons (Fsp3) is 1.00. The Morgan fingerprint density at radius 3 is 0.875 bits per heavy atom. The van der Waals surface area contributed by atoms with Crippen LogP contribution in [0.5, 0.6) is 0 Å². The van der Waals surface area contributed by atoms with Gasteiger partial charge in [0.15, 0.2) is 0 Å². The number of rotatable bonds is 17. The number of nitrogens with zero attached hydrogens (tertiary/aromatic N) is 2. The summed E-state index contributed by atoms with van der Waals surface area (Å²) in [6.07, 6.45) is 17.1. The second-order valence-electron chi connectivity index (χ2n) is 9.30.